The van der Waals surface area contributed by atoms with Crippen LogP contribution in [0.3, 0.4) is 0 Å². The molecule has 0 aliphatic heterocycles. The first kappa shape index (κ1) is 13.0. The molecule has 0 aromatic rings. The fourth-order valence-corrected chi connectivity index (χ4v) is 2.73. The highest BCUT2D eigenvalue weighted by atomic mass is 35.5. The summed E-state index contributed by atoms with van der Waals surface area (Å²) in [6.07, 6.45) is 0. The Morgan fingerprint density at radius 1 is 1.17 bits per heavy atom. The van der Waals surface area contributed by atoms with Gasteiger partial charge in [-0.25, -0.2) is 4.67 Å². The van der Waals surface area contributed by atoms with E-state index < -0.39 is 13.2 Å². The van der Waals surface area contributed by atoms with Gasteiger partial charge in [-0.05, 0) is 0 Å². The summed E-state index contributed by atoms with van der Waals surface area (Å²) in [5, 5.41) is 0. The lowest BCUT2D eigenvalue weighted by molar-refractivity contribution is 0.414. The molecule has 0 unspecified atom stereocenters. The molecule has 0 aromatic heterocycles. The Hall–Kier alpha value is 0.990. The first-order valence-corrected chi connectivity index (χ1v) is 6.64. The fraction of sp³-hybridized carbons (Fsp3) is 1.00. The van der Waals surface area contributed by atoms with Gasteiger partial charge >= 0.3 is 7.60 Å². The predicted octanol–water partition coefficient (Wildman–Crippen LogP) is 3.12. The average Bonchev–Trinajstić information content (AvgIpc) is 2.04. The zero-order chi connectivity index (χ0) is 9.61. The van der Waals surface area contributed by atoms with E-state index in [-0.39, 0.29) is 24.8 Å². The Morgan fingerprint density at radius 3 is 1.83 bits per heavy atom. The minimum absolute atomic E-state index is 0.203. The highest BCUT2D eigenvalue weighted by Gasteiger charge is 2.27. The van der Waals surface area contributed by atoms with Crippen molar-refractivity contribution in [2.45, 2.75) is 0 Å². The number of alkyl halides is 3. The number of hydrogen-bond acceptors (Lipinski definition) is 1. The van der Waals surface area contributed by atoms with Gasteiger partial charge in [0.1, 0.15) is 5.62 Å². The molecule has 0 aromatic carbocycles. The van der Waals surface area contributed by atoms with E-state index in [4.69, 9.17) is 34.8 Å². The van der Waals surface area contributed by atoms with Crippen molar-refractivity contribution in [3.63, 3.8) is 0 Å². The molecule has 0 heterocycles. The summed E-state index contributed by atoms with van der Waals surface area (Å²) in [4.78, 5) is 0. The van der Waals surface area contributed by atoms with Crippen molar-refractivity contribution < 1.29 is 8.76 Å². The van der Waals surface area contributed by atoms with Crippen molar-refractivity contribution in [3.05, 3.63) is 0 Å². The lowest BCUT2D eigenvalue weighted by Crippen LogP contribution is -2.23. The lowest BCUT2D eigenvalue weighted by Gasteiger charge is -2.21. The smallest absolute Gasteiger partial charge is 0.268 e. The second-order valence-corrected chi connectivity index (χ2v) is 5.58. The van der Waals surface area contributed by atoms with Gasteiger partial charge in [-0.1, -0.05) is 0 Å². The zero-order valence-corrected chi connectivity index (χ0v) is 9.51. The van der Waals surface area contributed by atoms with Gasteiger partial charge in [0.2, 0.25) is 0 Å². The number of hydrogen-bond donors (Lipinski definition) is 0. The molecule has 0 spiro atoms. The van der Waals surface area contributed by atoms with Gasteiger partial charge in [-0.3, -0.25) is 4.57 Å². The van der Waals surface area contributed by atoms with Gasteiger partial charge in [0.05, 0.1) is 0 Å². The van der Waals surface area contributed by atoms with Crippen molar-refractivity contribution in [1.82, 2.24) is 4.67 Å². The van der Waals surface area contributed by atoms with Gasteiger partial charge in [0, 0.05) is 24.8 Å². The molecule has 0 radical (unpaired) electrons. The summed E-state index contributed by atoms with van der Waals surface area (Å²) in [6, 6.07) is 0. The van der Waals surface area contributed by atoms with Crippen LogP contribution in [0.15, 0.2) is 0 Å². The summed E-state index contributed by atoms with van der Waals surface area (Å²) < 4.78 is 25.3. The number of rotatable bonds is 6. The van der Waals surface area contributed by atoms with Crippen LogP contribution in [0, 0.1) is 0 Å². The molecule has 0 aliphatic carbocycles. The maximum atomic E-state index is 13.1. The van der Waals surface area contributed by atoms with Gasteiger partial charge in [0.15, 0.2) is 0 Å². The van der Waals surface area contributed by atoms with E-state index in [2.05, 4.69) is 0 Å². The molecule has 0 bridgehead atoms. The first-order chi connectivity index (χ1) is 5.58. The van der Waals surface area contributed by atoms with Crippen molar-refractivity contribution in [2.75, 3.05) is 30.5 Å². The molecule has 0 saturated carbocycles. The first-order valence-electron chi connectivity index (χ1n) is 3.30. The Balaban J connectivity index is 4.17. The molecule has 7 heteroatoms. The molecule has 0 amide bonds. The van der Waals surface area contributed by atoms with Crippen LogP contribution in [0.25, 0.3) is 0 Å². The quantitative estimate of drug-likeness (QED) is 0.537. The van der Waals surface area contributed by atoms with E-state index in [1.807, 2.05) is 0 Å². The molecule has 0 fully saturated rings. The average molecular weight is 256 g/mol. The minimum atomic E-state index is -3.89. The molecular formula is C5H10Cl3FNOP. The largest absolute Gasteiger partial charge is 0.324 e. The second kappa shape index (κ2) is 6.44. The standard InChI is InChI=1S/C5H10Cl3FNOP/c6-1-3-10(4-2-7)12(9,11)5-8/h1-5H2/t12-/m1/s1. The Kier molecular flexibility index (Phi) is 6.98. The maximum absolute atomic E-state index is 13.1. The Morgan fingerprint density at radius 2 is 1.58 bits per heavy atom. The van der Waals surface area contributed by atoms with Crippen LogP contribution >= 0.6 is 42.4 Å². The zero-order valence-electron chi connectivity index (χ0n) is 6.35. The predicted molar refractivity (Wildman–Crippen MR) is 52.4 cm³/mol. The van der Waals surface area contributed by atoms with E-state index in [0.29, 0.717) is 0 Å². The minimum Gasteiger partial charge on any atom is -0.268 e. The van der Waals surface area contributed by atoms with E-state index in [9.17, 15) is 8.76 Å². The van der Waals surface area contributed by atoms with Gasteiger partial charge in [0.25, 0.3) is 0 Å². The fourth-order valence-electron chi connectivity index (χ4n) is 0.681. The van der Waals surface area contributed by atoms with E-state index in [1.165, 1.54) is 0 Å². The normalized spacial score (nSPS) is 16.4. The molecule has 0 saturated heterocycles. The van der Waals surface area contributed by atoms with Crippen molar-refractivity contribution >= 4 is 42.4 Å². The summed E-state index contributed by atoms with van der Waals surface area (Å²) in [6.45, 7) is 0.406. The third kappa shape index (κ3) is 4.29. The Labute approximate surface area is 86.5 Å². The number of nitrogens with zero attached hydrogens (tertiary/aromatic N) is 1. The molecule has 1 atom stereocenters. The van der Waals surface area contributed by atoms with Gasteiger partial charge in [-0.15, -0.1) is 34.8 Å². The maximum Gasteiger partial charge on any atom is 0.324 e. The molecule has 0 N–H and O–H groups in total. The van der Waals surface area contributed by atoms with Crippen LogP contribution in [-0.4, -0.2) is 35.1 Å². The van der Waals surface area contributed by atoms with Crippen LogP contribution in [0.4, 0.5) is 4.20 Å². The molecular weight excluding hydrogens is 246 g/mol. The summed E-state index contributed by atoms with van der Waals surface area (Å²) >= 11 is 16.0. The highest BCUT2D eigenvalue weighted by molar-refractivity contribution is 7.57. The third-order valence-corrected chi connectivity index (χ3v) is 4.02. The highest BCUT2D eigenvalue weighted by Crippen LogP contribution is 2.51. The summed E-state index contributed by atoms with van der Waals surface area (Å²) in [5.41, 5.74) is -0.513. The van der Waals surface area contributed by atoms with Crippen LogP contribution in [-0.2, 0) is 4.57 Å². The van der Waals surface area contributed by atoms with Gasteiger partial charge in [-0.2, -0.15) is 4.20 Å². The second-order valence-electron chi connectivity index (χ2n) is 2.07. The topological polar surface area (TPSA) is 20.3 Å². The van der Waals surface area contributed by atoms with Gasteiger partial charge < -0.3 is 0 Å². The lowest BCUT2D eigenvalue weighted by atomic mass is 10.6. The van der Waals surface area contributed by atoms with E-state index in [0.717, 1.165) is 4.67 Å². The molecule has 0 rings (SSSR count). The molecule has 12 heavy (non-hydrogen) atoms. The Bertz CT molecular complexity index is 165. The van der Waals surface area contributed by atoms with Crippen LogP contribution in [0.1, 0.15) is 0 Å². The SMILES string of the molecule is O=[P@@](F)(CCl)N(CCCl)CCCl. The monoisotopic (exact) mass is 255 g/mol. The van der Waals surface area contributed by atoms with Crippen LogP contribution in [0.2, 0.25) is 0 Å². The van der Waals surface area contributed by atoms with Crippen LogP contribution in [0.5, 0.6) is 0 Å². The molecule has 2 nitrogen and oxygen atoms in total. The summed E-state index contributed by atoms with van der Waals surface area (Å²) in [5.74, 6) is 0.420. The molecule has 74 valence electrons. The van der Waals surface area contributed by atoms with Crippen LogP contribution < -0.4 is 0 Å². The third-order valence-electron chi connectivity index (χ3n) is 1.26. The van der Waals surface area contributed by atoms with Crippen molar-refractivity contribution in [1.29, 1.82) is 0 Å². The molecule has 0 aliphatic rings. The van der Waals surface area contributed by atoms with E-state index in [1.54, 1.807) is 0 Å². The van der Waals surface area contributed by atoms with Crippen molar-refractivity contribution in [2.24, 2.45) is 0 Å². The van der Waals surface area contributed by atoms with Crippen molar-refractivity contribution in [3.8, 4) is 0 Å². The summed E-state index contributed by atoms with van der Waals surface area (Å²) in [7, 11) is -3.89. The van der Waals surface area contributed by atoms with E-state index >= 15 is 0 Å². The number of halogens is 4.